The number of aryl methyl sites for hydroxylation is 1. The highest BCUT2D eigenvalue weighted by molar-refractivity contribution is 5.95. The van der Waals surface area contributed by atoms with E-state index < -0.39 is 11.6 Å². The Morgan fingerprint density at radius 2 is 1.85 bits per heavy atom. The lowest BCUT2D eigenvalue weighted by atomic mass is 9.94. The summed E-state index contributed by atoms with van der Waals surface area (Å²) in [6, 6.07) is 7.82. The minimum Gasteiger partial charge on any atom is -0.505 e. The molecule has 0 bridgehead atoms. The summed E-state index contributed by atoms with van der Waals surface area (Å²) in [5.74, 6) is -0.755. The highest BCUT2D eigenvalue weighted by Gasteiger charge is 2.37. The Kier molecular flexibility index (Phi) is 3.75. The van der Waals surface area contributed by atoms with Gasteiger partial charge in [0.2, 0.25) is 0 Å². The van der Waals surface area contributed by atoms with E-state index in [0.29, 0.717) is 28.2 Å². The van der Waals surface area contributed by atoms with Gasteiger partial charge in [0.15, 0.2) is 0 Å². The molecule has 0 spiro atoms. The van der Waals surface area contributed by atoms with Gasteiger partial charge in [-0.2, -0.15) is 0 Å². The molecular formula is C21H20F2N2O. The fourth-order valence-corrected chi connectivity index (χ4v) is 3.50. The number of anilines is 3. The van der Waals surface area contributed by atoms with Crippen molar-refractivity contribution in [2.24, 2.45) is 0 Å². The van der Waals surface area contributed by atoms with Crippen LogP contribution in [-0.2, 0) is 0 Å². The summed E-state index contributed by atoms with van der Waals surface area (Å²) in [4.78, 5) is 1.96. The van der Waals surface area contributed by atoms with Crippen molar-refractivity contribution in [2.45, 2.75) is 32.7 Å². The second-order valence-electron chi connectivity index (χ2n) is 6.97. The first-order chi connectivity index (χ1) is 12.4. The van der Waals surface area contributed by atoms with Crippen molar-refractivity contribution in [3.63, 3.8) is 0 Å². The van der Waals surface area contributed by atoms with E-state index >= 15 is 0 Å². The van der Waals surface area contributed by atoms with Gasteiger partial charge in [-0.1, -0.05) is 12.6 Å². The molecule has 2 N–H and O–H groups in total. The van der Waals surface area contributed by atoms with Crippen LogP contribution < -0.4 is 10.2 Å². The van der Waals surface area contributed by atoms with Crippen molar-refractivity contribution < 1.29 is 13.9 Å². The molecule has 3 nitrogen and oxygen atoms in total. The molecule has 0 saturated heterocycles. The van der Waals surface area contributed by atoms with Crippen molar-refractivity contribution in [3.05, 3.63) is 71.1 Å². The third-order valence-corrected chi connectivity index (χ3v) is 4.94. The topological polar surface area (TPSA) is 35.5 Å². The summed E-state index contributed by atoms with van der Waals surface area (Å²) in [7, 11) is 0. The molecule has 1 saturated carbocycles. The highest BCUT2D eigenvalue weighted by atomic mass is 19.1. The van der Waals surface area contributed by atoms with Gasteiger partial charge in [0, 0.05) is 17.2 Å². The van der Waals surface area contributed by atoms with Gasteiger partial charge in [-0.05, 0) is 56.5 Å². The second kappa shape index (κ2) is 5.87. The number of rotatable bonds is 3. The van der Waals surface area contributed by atoms with Crippen LogP contribution in [0.2, 0.25) is 0 Å². The van der Waals surface area contributed by atoms with E-state index in [2.05, 4.69) is 11.9 Å². The Balaban J connectivity index is 1.86. The first-order valence-corrected chi connectivity index (χ1v) is 8.62. The number of allylic oxidation sites excluding steroid dienone is 2. The van der Waals surface area contributed by atoms with Crippen LogP contribution in [0.15, 0.2) is 48.4 Å². The van der Waals surface area contributed by atoms with Crippen LogP contribution in [0.5, 0.6) is 0 Å². The molecular weight excluding hydrogens is 334 g/mol. The van der Waals surface area contributed by atoms with E-state index in [1.54, 1.807) is 26.0 Å². The largest absolute Gasteiger partial charge is 0.505 e. The highest BCUT2D eigenvalue weighted by Crippen LogP contribution is 2.48. The Labute approximate surface area is 151 Å². The molecule has 2 aromatic rings. The number of hydrogen-bond acceptors (Lipinski definition) is 3. The SMILES string of the molecule is C=C1C(O)=C(C)N(C2CC2)c2cc(F)cc(Nc3ccc(C)cc3F)c21. The number of aliphatic hydroxyl groups excluding tert-OH is 1. The second-order valence-corrected chi connectivity index (χ2v) is 6.97. The van der Waals surface area contributed by atoms with Crippen molar-refractivity contribution in [3.8, 4) is 0 Å². The average Bonchev–Trinajstić information content (AvgIpc) is 3.40. The number of halogens is 2. The van der Waals surface area contributed by atoms with Crippen molar-refractivity contribution in [1.29, 1.82) is 0 Å². The molecule has 1 aliphatic heterocycles. The molecule has 5 heteroatoms. The summed E-state index contributed by atoms with van der Waals surface area (Å²) >= 11 is 0. The van der Waals surface area contributed by atoms with E-state index in [-0.39, 0.29) is 17.5 Å². The van der Waals surface area contributed by atoms with Crippen LogP contribution in [0.25, 0.3) is 5.57 Å². The van der Waals surface area contributed by atoms with Gasteiger partial charge in [0.25, 0.3) is 0 Å². The van der Waals surface area contributed by atoms with Gasteiger partial charge in [-0.25, -0.2) is 8.78 Å². The third kappa shape index (κ3) is 2.64. The molecule has 0 unspecified atom stereocenters. The van der Waals surface area contributed by atoms with Gasteiger partial charge in [0.1, 0.15) is 17.4 Å². The zero-order valence-corrected chi connectivity index (χ0v) is 14.7. The van der Waals surface area contributed by atoms with E-state index in [0.717, 1.165) is 18.4 Å². The van der Waals surface area contributed by atoms with Crippen LogP contribution >= 0.6 is 0 Å². The molecule has 134 valence electrons. The lowest BCUT2D eigenvalue weighted by Crippen LogP contribution is -2.29. The maximum atomic E-state index is 14.4. The van der Waals surface area contributed by atoms with E-state index in [4.69, 9.17) is 0 Å². The number of benzene rings is 2. The summed E-state index contributed by atoms with van der Waals surface area (Å²) in [6.45, 7) is 7.59. The number of fused-ring (bicyclic) bond motifs is 1. The first-order valence-electron chi connectivity index (χ1n) is 8.62. The smallest absolute Gasteiger partial charge is 0.146 e. The molecule has 0 atom stereocenters. The van der Waals surface area contributed by atoms with E-state index in [1.165, 1.54) is 18.2 Å². The molecule has 0 amide bonds. The zero-order chi connectivity index (χ0) is 18.6. The van der Waals surface area contributed by atoms with Crippen LogP contribution in [0.3, 0.4) is 0 Å². The molecule has 1 aliphatic carbocycles. The van der Waals surface area contributed by atoms with Gasteiger partial charge in [0.05, 0.1) is 22.8 Å². The molecule has 2 aliphatic rings. The average molecular weight is 354 g/mol. The molecule has 4 rings (SSSR count). The summed E-state index contributed by atoms with van der Waals surface area (Å²) < 4.78 is 28.6. The monoisotopic (exact) mass is 354 g/mol. The predicted molar refractivity (Wildman–Crippen MR) is 101 cm³/mol. The number of aliphatic hydroxyl groups is 1. The Morgan fingerprint density at radius 1 is 1.12 bits per heavy atom. The van der Waals surface area contributed by atoms with Gasteiger partial charge < -0.3 is 15.3 Å². The number of nitrogens with zero attached hydrogens (tertiary/aromatic N) is 1. The van der Waals surface area contributed by atoms with Crippen LogP contribution in [0.1, 0.15) is 30.9 Å². The quantitative estimate of drug-likeness (QED) is 0.731. The Hall–Kier alpha value is -2.82. The normalized spacial score (nSPS) is 16.8. The van der Waals surface area contributed by atoms with Crippen LogP contribution in [0.4, 0.5) is 25.8 Å². The van der Waals surface area contributed by atoms with Crippen molar-refractivity contribution in [2.75, 3.05) is 10.2 Å². The lowest BCUT2D eigenvalue weighted by molar-refractivity contribution is 0.426. The van der Waals surface area contributed by atoms with Gasteiger partial charge in [-0.3, -0.25) is 0 Å². The maximum absolute atomic E-state index is 14.4. The minimum atomic E-state index is -0.425. The molecule has 0 radical (unpaired) electrons. The summed E-state index contributed by atoms with van der Waals surface area (Å²) in [5.41, 5.74) is 3.77. The maximum Gasteiger partial charge on any atom is 0.146 e. The molecule has 2 aromatic carbocycles. The summed E-state index contributed by atoms with van der Waals surface area (Å²) in [5, 5.41) is 13.5. The van der Waals surface area contributed by atoms with Gasteiger partial charge >= 0.3 is 0 Å². The third-order valence-electron chi connectivity index (χ3n) is 4.94. The summed E-state index contributed by atoms with van der Waals surface area (Å²) in [6.07, 6.45) is 1.98. The Morgan fingerprint density at radius 3 is 2.50 bits per heavy atom. The van der Waals surface area contributed by atoms with E-state index in [1.807, 2.05) is 4.90 Å². The van der Waals surface area contributed by atoms with Crippen LogP contribution in [0, 0.1) is 18.6 Å². The van der Waals surface area contributed by atoms with Crippen LogP contribution in [-0.4, -0.2) is 11.1 Å². The zero-order valence-electron chi connectivity index (χ0n) is 14.7. The fraction of sp³-hybridized carbons (Fsp3) is 0.238. The molecule has 26 heavy (non-hydrogen) atoms. The molecule has 1 heterocycles. The Bertz CT molecular complexity index is 961. The van der Waals surface area contributed by atoms with Crippen molar-refractivity contribution in [1.82, 2.24) is 0 Å². The molecule has 1 fully saturated rings. The molecule has 0 aromatic heterocycles. The number of nitrogens with one attached hydrogen (secondary N) is 1. The minimum absolute atomic E-state index is 0.0865. The standard InChI is InChI=1S/C21H20F2N2O/c1-11-4-7-17(16(23)8-11)24-18-9-14(22)10-19-20(18)12(2)21(26)13(3)25(19)15-5-6-15/h4,7-10,15,24,26H,2,5-6H2,1,3H3. The number of hydrogen-bond donors (Lipinski definition) is 2. The van der Waals surface area contributed by atoms with Crippen molar-refractivity contribution >= 4 is 22.6 Å². The fourth-order valence-electron chi connectivity index (χ4n) is 3.50. The first kappa shape index (κ1) is 16.6. The predicted octanol–water partition coefficient (Wildman–Crippen LogP) is 5.80. The lowest BCUT2D eigenvalue weighted by Gasteiger charge is -2.34. The van der Waals surface area contributed by atoms with E-state index in [9.17, 15) is 13.9 Å². The van der Waals surface area contributed by atoms with Gasteiger partial charge in [-0.15, -0.1) is 0 Å².